The van der Waals surface area contributed by atoms with Crippen LogP contribution >= 0.6 is 0 Å². The van der Waals surface area contributed by atoms with Crippen molar-refractivity contribution in [2.75, 3.05) is 0 Å². The minimum Gasteiger partial charge on any atom is -0.392 e. The molecule has 1 aromatic heterocycles. The molecule has 15 heavy (non-hydrogen) atoms. The third-order valence-electron chi connectivity index (χ3n) is 2.67. The fraction of sp³-hybridized carbons (Fsp3) is 0.417. The molecule has 0 aliphatic carbocycles. The van der Waals surface area contributed by atoms with Crippen LogP contribution in [0.1, 0.15) is 31.9 Å². The lowest BCUT2D eigenvalue weighted by Gasteiger charge is -2.22. The molecule has 0 unspecified atom stereocenters. The molecule has 1 heterocycles. The number of aromatic amines is 1. The number of rotatable bonds is 1. The molecule has 0 fully saturated rings. The fourth-order valence-corrected chi connectivity index (χ4v) is 1.94. The molecule has 2 N–H and O–H groups in total. The van der Waals surface area contributed by atoms with Crippen molar-refractivity contribution in [2.24, 2.45) is 0 Å². The summed E-state index contributed by atoms with van der Waals surface area (Å²) in [6.07, 6.45) is 1.66. The Morgan fingerprint density at radius 3 is 2.67 bits per heavy atom. The van der Waals surface area contributed by atoms with Crippen molar-refractivity contribution in [1.82, 2.24) is 9.97 Å². The van der Waals surface area contributed by atoms with Crippen molar-refractivity contribution in [1.29, 1.82) is 0 Å². The van der Waals surface area contributed by atoms with Crippen LogP contribution in [0.4, 0.5) is 0 Å². The molecule has 0 radical (unpaired) electrons. The smallest absolute Gasteiger partial charge is 0.0931 e. The number of nitrogens with zero attached hydrogens (tertiary/aromatic N) is 1. The molecule has 3 nitrogen and oxygen atoms in total. The van der Waals surface area contributed by atoms with Crippen molar-refractivity contribution in [3.05, 3.63) is 29.6 Å². The number of fused-ring (bicyclic) bond motifs is 1. The Balaban J connectivity index is 2.75. The van der Waals surface area contributed by atoms with Gasteiger partial charge in [-0.25, -0.2) is 4.98 Å². The summed E-state index contributed by atoms with van der Waals surface area (Å²) < 4.78 is 0. The first-order valence-corrected chi connectivity index (χ1v) is 5.10. The summed E-state index contributed by atoms with van der Waals surface area (Å²) >= 11 is 0. The van der Waals surface area contributed by atoms with Gasteiger partial charge in [0.25, 0.3) is 0 Å². The Bertz CT molecular complexity index is 480. The van der Waals surface area contributed by atoms with E-state index >= 15 is 0 Å². The zero-order chi connectivity index (χ0) is 11.1. The number of aliphatic hydroxyl groups is 1. The molecule has 80 valence electrons. The predicted octanol–water partition coefficient (Wildman–Crippen LogP) is 2.35. The molecular formula is C12H16N2O. The van der Waals surface area contributed by atoms with Gasteiger partial charge in [0.2, 0.25) is 0 Å². The minimum absolute atomic E-state index is 0.0391. The summed E-state index contributed by atoms with van der Waals surface area (Å²) in [4.78, 5) is 7.26. The summed E-state index contributed by atoms with van der Waals surface area (Å²) in [6.45, 7) is 6.48. The summed E-state index contributed by atoms with van der Waals surface area (Å²) in [5, 5.41) is 9.45. The second kappa shape index (κ2) is 3.35. The molecule has 2 rings (SSSR count). The van der Waals surface area contributed by atoms with Crippen LogP contribution < -0.4 is 0 Å². The molecule has 2 aromatic rings. The van der Waals surface area contributed by atoms with Gasteiger partial charge in [-0.1, -0.05) is 26.8 Å². The van der Waals surface area contributed by atoms with E-state index in [9.17, 15) is 5.11 Å². The van der Waals surface area contributed by atoms with Gasteiger partial charge in [0, 0.05) is 5.56 Å². The largest absolute Gasteiger partial charge is 0.392 e. The summed E-state index contributed by atoms with van der Waals surface area (Å²) in [5.41, 5.74) is 4.02. The lowest BCUT2D eigenvalue weighted by atomic mass is 9.83. The highest BCUT2D eigenvalue weighted by Crippen LogP contribution is 2.29. The Kier molecular flexibility index (Phi) is 2.27. The second-order valence-corrected chi connectivity index (χ2v) is 4.80. The van der Waals surface area contributed by atoms with Crippen molar-refractivity contribution < 1.29 is 5.11 Å². The Morgan fingerprint density at radius 2 is 2.07 bits per heavy atom. The minimum atomic E-state index is 0.0391. The predicted molar refractivity (Wildman–Crippen MR) is 60.7 cm³/mol. The highest BCUT2D eigenvalue weighted by Gasteiger charge is 2.19. The van der Waals surface area contributed by atoms with E-state index in [1.807, 2.05) is 6.07 Å². The van der Waals surface area contributed by atoms with Crippen molar-refractivity contribution >= 4 is 11.0 Å². The van der Waals surface area contributed by atoms with Crippen LogP contribution in [-0.2, 0) is 12.0 Å². The normalized spacial score (nSPS) is 12.3. The van der Waals surface area contributed by atoms with E-state index in [1.165, 1.54) is 5.56 Å². The van der Waals surface area contributed by atoms with Crippen LogP contribution in [0.3, 0.4) is 0 Å². The topological polar surface area (TPSA) is 48.9 Å². The second-order valence-electron chi connectivity index (χ2n) is 4.80. The maximum absolute atomic E-state index is 9.45. The third-order valence-corrected chi connectivity index (χ3v) is 2.67. The number of H-pyrrole nitrogens is 1. The van der Waals surface area contributed by atoms with E-state index < -0.39 is 0 Å². The van der Waals surface area contributed by atoms with E-state index in [2.05, 4.69) is 36.8 Å². The lowest BCUT2D eigenvalue weighted by Crippen LogP contribution is -2.14. The highest BCUT2D eigenvalue weighted by molar-refractivity contribution is 5.79. The van der Waals surface area contributed by atoms with Crippen molar-refractivity contribution in [2.45, 2.75) is 32.8 Å². The molecule has 0 bridgehead atoms. The first-order chi connectivity index (χ1) is 7.04. The Hall–Kier alpha value is -1.35. The Labute approximate surface area is 89.2 Å². The zero-order valence-electron chi connectivity index (χ0n) is 9.33. The van der Waals surface area contributed by atoms with E-state index in [1.54, 1.807) is 6.33 Å². The van der Waals surface area contributed by atoms with E-state index in [0.717, 1.165) is 16.6 Å². The molecule has 0 spiro atoms. The first-order valence-electron chi connectivity index (χ1n) is 5.10. The summed E-state index contributed by atoms with van der Waals surface area (Å²) in [5.74, 6) is 0. The van der Waals surface area contributed by atoms with E-state index in [0.29, 0.717) is 0 Å². The van der Waals surface area contributed by atoms with Crippen molar-refractivity contribution in [3.63, 3.8) is 0 Å². The Morgan fingerprint density at radius 1 is 1.33 bits per heavy atom. The number of nitrogens with one attached hydrogen (secondary N) is 1. The van der Waals surface area contributed by atoms with Crippen molar-refractivity contribution in [3.8, 4) is 0 Å². The number of hydrogen-bond donors (Lipinski definition) is 2. The standard InChI is InChI=1S/C12H16N2O/c1-12(2,3)9-4-5-10-11(8(9)6-15)14-7-13-10/h4-5,7,15H,6H2,1-3H3,(H,13,14). The number of imidazole rings is 1. The molecular weight excluding hydrogens is 188 g/mol. The number of benzene rings is 1. The van der Waals surface area contributed by atoms with Crippen LogP contribution in [0.15, 0.2) is 18.5 Å². The van der Waals surface area contributed by atoms with Crippen LogP contribution in [-0.4, -0.2) is 15.1 Å². The van der Waals surface area contributed by atoms with Crippen LogP contribution in [0.2, 0.25) is 0 Å². The van der Waals surface area contributed by atoms with Gasteiger partial charge in [-0.15, -0.1) is 0 Å². The molecule has 0 aliphatic rings. The van der Waals surface area contributed by atoms with E-state index in [-0.39, 0.29) is 12.0 Å². The molecule has 0 atom stereocenters. The lowest BCUT2D eigenvalue weighted by molar-refractivity contribution is 0.280. The van der Waals surface area contributed by atoms with Gasteiger partial charge >= 0.3 is 0 Å². The zero-order valence-corrected chi connectivity index (χ0v) is 9.33. The maximum Gasteiger partial charge on any atom is 0.0931 e. The summed E-state index contributed by atoms with van der Waals surface area (Å²) in [7, 11) is 0. The highest BCUT2D eigenvalue weighted by atomic mass is 16.3. The average molecular weight is 204 g/mol. The molecule has 1 aromatic carbocycles. The quantitative estimate of drug-likeness (QED) is 0.749. The maximum atomic E-state index is 9.45. The van der Waals surface area contributed by atoms with Gasteiger partial charge in [-0.05, 0) is 17.0 Å². The fourth-order valence-electron chi connectivity index (χ4n) is 1.94. The van der Waals surface area contributed by atoms with Gasteiger partial charge in [0.05, 0.1) is 24.0 Å². The van der Waals surface area contributed by atoms with Crippen LogP contribution in [0, 0.1) is 0 Å². The van der Waals surface area contributed by atoms with Crippen LogP contribution in [0.25, 0.3) is 11.0 Å². The molecule has 3 heteroatoms. The average Bonchev–Trinajstić information content (AvgIpc) is 2.61. The molecule has 0 saturated carbocycles. The number of aliphatic hydroxyl groups excluding tert-OH is 1. The molecule has 0 aliphatic heterocycles. The molecule has 0 saturated heterocycles. The van der Waals surface area contributed by atoms with Gasteiger partial charge in [-0.3, -0.25) is 0 Å². The number of hydrogen-bond acceptors (Lipinski definition) is 2. The molecule has 0 amide bonds. The van der Waals surface area contributed by atoms with Crippen LogP contribution in [0.5, 0.6) is 0 Å². The SMILES string of the molecule is CC(C)(C)c1ccc2nc[nH]c2c1CO. The van der Waals surface area contributed by atoms with E-state index in [4.69, 9.17) is 0 Å². The number of aromatic nitrogens is 2. The van der Waals surface area contributed by atoms with Gasteiger partial charge in [0.15, 0.2) is 0 Å². The van der Waals surface area contributed by atoms with Gasteiger partial charge in [-0.2, -0.15) is 0 Å². The summed E-state index contributed by atoms with van der Waals surface area (Å²) in [6, 6.07) is 4.04. The first kappa shape index (κ1) is 10.2. The monoisotopic (exact) mass is 204 g/mol. The van der Waals surface area contributed by atoms with Gasteiger partial charge < -0.3 is 10.1 Å². The van der Waals surface area contributed by atoms with Gasteiger partial charge in [0.1, 0.15) is 0 Å². The third kappa shape index (κ3) is 1.63.